The van der Waals surface area contributed by atoms with Crippen molar-refractivity contribution in [2.75, 3.05) is 19.7 Å². The molecule has 0 unspecified atom stereocenters. The second-order valence-electron chi connectivity index (χ2n) is 7.22. The van der Waals surface area contributed by atoms with E-state index in [2.05, 4.69) is 0 Å². The summed E-state index contributed by atoms with van der Waals surface area (Å²) in [5.41, 5.74) is 0.811. The van der Waals surface area contributed by atoms with Gasteiger partial charge < -0.3 is 19.2 Å². The molecule has 0 bridgehead atoms. The summed E-state index contributed by atoms with van der Waals surface area (Å²) in [7, 11) is 0. The van der Waals surface area contributed by atoms with Crippen molar-refractivity contribution < 1.29 is 28.2 Å². The lowest BCUT2D eigenvalue weighted by atomic mass is 9.99. The van der Waals surface area contributed by atoms with E-state index in [0.29, 0.717) is 18.7 Å². The Bertz CT molecular complexity index is 1100. The van der Waals surface area contributed by atoms with Gasteiger partial charge in [0.25, 0.3) is 5.91 Å². The standard InChI is InChI=1S/C23H22FNO5/c1-2-29-23(28)20-19-17(30-21(20)14-6-8-15(24)9-7-14)11-10-16(26)18(19)22(27)25-12-4-3-5-13-25/h6-11,26H,2-5,12-13H2,1H3. The van der Waals surface area contributed by atoms with Crippen molar-refractivity contribution >= 4 is 22.8 Å². The Balaban J connectivity index is 1.96. The highest BCUT2D eigenvalue weighted by molar-refractivity contribution is 6.18. The lowest BCUT2D eigenvalue weighted by molar-refractivity contribution is 0.0528. The number of phenolic OH excluding ortho intramolecular Hbond substituents is 1. The molecule has 1 saturated heterocycles. The van der Waals surface area contributed by atoms with E-state index in [4.69, 9.17) is 9.15 Å². The molecule has 1 aliphatic rings. The molecule has 0 spiro atoms. The summed E-state index contributed by atoms with van der Waals surface area (Å²) >= 11 is 0. The van der Waals surface area contributed by atoms with Crippen LogP contribution in [-0.2, 0) is 4.74 Å². The van der Waals surface area contributed by atoms with Gasteiger partial charge in [0, 0.05) is 18.7 Å². The molecular formula is C23H22FNO5. The van der Waals surface area contributed by atoms with Gasteiger partial charge in [0.1, 0.15) is 28.5 Å². The van der Waals surface area contributed by atoms with Crippen LogP contribution in [0.2, 0.25) is 0 Å². The number of piperidine rings is 1. The predicted molar refractivity (Wildman–Crippen MR) is 109 cm³/mol. The highest BCUT2D eigenvalue weighted by Crippen LogP contribution is 2.39. The van der Waals surface area contributed by atoms with Crippen molar-refractivity contribution in [2.45, 2.75) is 26.2 Å². The van der Waals surface area contributed by atoms with Crippen molar-refractivity contribution in [3.05, 3.63) is 53.3 Å². The molecule has 4 rings (SSSR count). The zero-order chi connectivity index (χ0) is 21.3. The van der Waals surface area contributed by atoms with Crippen molar-refractivity contribution in [1.29, 1.82) is 0 Å². The van der Waals surface area contributed by atoms with Crippen LogP contribution >= 0.6 is 0 Å². The van der Waals surface area contributed by atoms with Gasteiger partial charge in [-0.1, -0.05) is 0 Å². The molecule has 7 heteroatoms. The minimum atomic E-state index is -0.672. The van der Waals surface area contributed by atoms with Crippen molar-refractivity contribution in [3.8, 4) is 17.1 Å². The minimum absolute atomic E-state index is 0.0227. The van der Waals surface area contributed by atoms with E-state index in [-0.39, 0.29) is 46.1 Å². The highest BCUT2D eigenvalue weighted by atomic mass is 19.1. The summed E-state index contributed by atoms with van der Waals surface area (Å²) < 4.78 is 24.6. The van der Waals surface area contributed by atoms with E-state index >= 15 is 0 Å². The number of carbonyl (C=O) groups excluding carboxylic acids is 2. The van der Waals surface area contributed by atoms with Crippen LogP contribution in [0.5, 0.6) is 5.75 Å². The van der Waals surface area contributed by atoms with Crippen LogP contribution in [0.3, 0.4) is 0 Å². The first-order chi connectivity index (χ1) is 14.5. The molecule has 0 saturated carbocycles. The summed E-state index contributed by atoms with van der Waals surface area (Å²) in [5.74, 6) is -1.51. The number of aromatic hydroxyl groups is 1. The monoisotopic (exact) mass is 411 g/mol. The number of halogens is 1. The summed E-state index contributed by atoms with van der Waals surface area (Å²) in [6, 6.07) is 8.38. The Kier molecular flexibility index (Phi) is 5.44. The molecule has 0 atom stereocenters. The van der Waals surface area contributed by atoms with Gasteiger partial charge in [0.05, 0.1) is 17.6 Å². The van der Waals surface area contributed by atoms with E-state index in [9.17, 15) is 19.1 Å². The average Bonchev–Trinajstić information content (AvgIpc) is 3.14. The maximum Gasteiger partial charge on any atom is 0.342 e. The average molecular weight is 411 g/mol. The number of amides is 1. The largest absolute Gasteiger partial charge is 0.507 e. The molecule has 30 heavy (non-hydrogen) atoms. The van der Waals surface area contributed by atoms with E-state index in [1.807, 2.05) is 0 Å². The molecule has 0 aliphatic carbocycles. The number of rotatable bonds is 4. The van der Waals surface area contributed by atoms with Gasteiger partial charge in [0.2, 0.25) is 0 Å². The van der Waals surface area contributed by atoms with Crippen LogP contribution in [0.25, 0.3) is 22.3 Å². The molecular weight excluding hydrogens is 389 g/mol. The van der Waals surface area contributed by atoms with Gasteiger partial charge in [-0.25, -0.2) is 9.18 Å². The van der Waals surface area contributed by atoms with Gasteiger partial charge in [-0.15, -0.1) is 0 Å². The maximum atomic E-state index is 13.4. The Morgan fingerprint density at radius 3 is 2.43 bits per heavy atom. The van der Waals surface area contributed by atoms with Crippen LogP contribution in [0.4, 0.5) is 4.39 Å². The number of fused-ring (bicyclic) bond motifs is 1. The zero-order valence-electron chi connectivity index (χ0n) is 16.6. The smallest absolute Gasteiger partial charge is 0.342 e. The van der Waals surface area contributed by atoms with E-state index < -0.39 is 11.8 Å². The number of esters is 1. The molecule has 1 amide bonds. The van der Waals surface area contributed by atoms with Gasteiger partial charge in [-0.3, -0.25) is 4.79 Å². The number of furan rings is 1. The number of benzene rings is 2. The SMILES string of the molecule is CCOC(=O)c1c(-c2ccc(F)cc2)oc2ccc(O)c(C(=O)N3CCCCC3)c12. The molecule has 1 aliphatic heterocycles. The van der Waals surface area contributed by atoms with E-state index in [1.54, 1.807) is 11.8 Å². The third-order valence-electron chi connectivity index (χ3n) is 5.28. The van der Waals surface area contributed by atoms with Crippen LogP contribution in [0.15, 0.2) is 40.8 Å². The Hall–Kier alpha value is -3.35. The van der Waals surface area contributed by atoms with Crippen LogP contribution in [-0.4, -0.2) is 41.6 Å². The Labute approximate surface area is 172 Å². The normalized spacial score (nSPS) is 14.1. The predicted octanol–water partition coefficient (Wildman–Crippen LogP) is 4.75. The van der Waals surface area contributed by atoms with Crippen LogP contribution < -0.4 is 0 Å². The fraction of sp³-hybridized carbons (Fsp3) is 0.304. The molecule has 2 heterocycles. The lowest BCUT2D eigenvalue weighted by Gasteiger charge is -2.27. The van der Waals surface area contributed by atoms with Gasteiger partial charge in [-0.2, -0.15) is 0 Å². The minimum Gasteiger partial charge on any atom is -0.507 e. The molecule has 1 fully saturated rings. The fourth-order valence-corrected chi connectivity index (χ4v) is 3.85. The molecule has 2 aromatic carbocycles. The summed E-state index contributed by atoms with van der Waals surface area (Å²) in [6.07, 6.45) is 2.83. The highest BCUT2D eigenvalue weighted by Gasteiger charge is 2.31. The third-order valence-corrected chi connectivity index (χ3v) is 5.28. The molecule has 3 aromatic rings. The summed E-state index contributed by atoms with van der Waals surface area (Å²) in [6.45, 7) is 2.98. The summed E-state index contributed by atoms with van der Waals surface area (Å²) in [5, 5.41) is 10.8. The van der Waals surface area contributed by atoms with Crippen molar-refractivity contribution in [1.82, 2.24) is 4.90 Å². The lowest BCUT2D eigenvalue weighted by Crippen LogP contribution is -2.35. The molecule has 0 radical (unpaired) electrons. The molecule has 1 N–H and O–H groups in total. The van der Waals surface area contributed by atoms with Crippen molar-refractivity contribution in [2.24, 2.45) is 0 Å². The van der Waals surface area contributed by atoms with Gasteiger partial charge in [0.15, 0.2) is 0 Å². The second-order valence-corrected chi connectivity index (χ2v) is 7.22. The van der Waals surface area contributed by atoms with E-state index in [0.717, 1.165) is 19.3 Å². The topological polar surface area (TPSA) is 80.0 Å². The number of carbonyl (C=O) groups is 2. The number of likely N-dealkylation sites (tertiary alicyclic amines) is 1. The van der Waals surface area contributed by atoms with Crippen LogP contribution in [0, 0.1) is 5.82 Å². The van der Waals surface area contributed by atoms with Crippen LogP contribution in [0.1, 0.15) is 46.9 Å². The number of ether oxygens (including phenoxy) is 1. The van der Waals surface area contributed by atoms with E-state index in [1.165, 1.54) is 36.4 Å². The van der Waals surface area contributed by atoms with Gasteiger partial charge >= 0.3 is 5.97 Å². The molecule has 156 valence electrons. The third kappa shape index (κ3) is 3.51. The quantitative estimate of drug-likeness (QED) is 0.627. The number of nitrogens with zero attached hydrogens (tertiary/aromatic N) is 1. The second kappa shape index (κ2) is 8.18. The Morgan fingerprint density at radius 1 is 1.07 bits per heavy atom. The summed E-state index contributed by atoms with van der Waals surface area (Å²) in [4.78, 5) is 27.8. The number of phenols is 1. The fourth-order valence-electron chi connectivity index (χ4n) is 3.85. The van der Waals surface area contributed by atoms with Gasteiger partial charge in [-0.05, 0) is 62.6 Å². The Morgan fingerprint density at radius 2 is 1.77 bits per heavy atom. The first-order valence-electron chi connectivity index (χ1n) is 10.0. The zero-order valence-corrected chi connectivity index (χ0v) is 16.6. The first-order valence-corrected chi connectivity index (χ1v) is 10.0. The first kappa shape index (κ1) is 19.9. The van der Waals surface area contributed by atoms with Crippen molar-refractivity contribution in [3.63, 3.8) is 0 Å². The molecule has 1 aromatic heterocycles. The molecule has 6 nitrogen and oxygen atoms in total. The number of hydrogen-bond donors (Lipinski definition) is 1. The maximum absolute atomic E-state index is 13.4. The number of hydrogen-bond acceptors (Lipinski definition) is 5.